The summed E-state index contributed by atoms with van der Waals surface area (Å²) in [7, 11) is 0. The minimum Gasteiger partial charge on any atom is -0.379 e. The van der Waals surface area contributed by atoms with Gasteiger partial charge in [0.05, 0.1) is 31.2 Å². The molecule has 2 N–H and O–H groups in total. The number of amides is 3. The highest BCUT2D eigenvalue weighted by atomic mass is 16.5. The van der Waals surface area contributed by atoms with E-state index in [1.54, 1.807) is 4.90 Å². The highest BCUT2D eigenvalue weighted by Crippen LogP contribution is 2.55. The summed E-state index contributed by atoms with van der Waals surface area (Å²) in [6, 6.07) is 5.12. The lowest BCUT2D eigenvalue weighted by Crippen LogP contribution is -2.57. The van der Waals surface area contributed by atoms with E-state index in [2.05, 4.69) is 15.5 Å². The molecule has 4 fully saturated rings. The molecule has 4 aliphatic heterocycles. The number of carbonyl (C=O) groups excluding carboxylic acids is 3. The SMILES string of the molecule is Cc1ccc(NC(=O)[C@@H]2[C@H]3C=C[C@@]4(O3)[C@H]2C(=O)N(CCN2CCOCC2)[C@@H]4C(=O)NC2CCCCC2)cc1C. The molecule has 5 atom stereocenters. The second-order valence-corrected chi connectivity index (χ2v) is 11.8. The van der Waals surface area contributed by atoms with Crippen LogP contribution in [0.5, 0.6) is 0 Å². The fourth-order valence-electron chi connectivity index (χ4n) is 7.15. The van der Waals surface area contributed by atoms with Gasteiger partial charge >= 0.3 is 0 Å². The molecule has 0 radical (unpaired) electrons. The molecule has 1 aromatic carbocycles. The number of morpholine rings is 1. The number of fused-ring (bicyclic) bond motifs is 1. The molecule has 210 valence electrons. The van der Waals surface area contributed by atoms with E-state index < -0.39 is 29.6 Å². The van der Waals surface area contributed by atoms with Crippen LogP contribution in [0, 0.1) is 25.7 Å². The largest absolute Gasteiger partial charge is 0.379 e. The predicted molar refractivity (Wildman–Crippen MR) is 146 cm³/mol. The van der Waals surface area contributed by atoms with Gasteiger partial charge in [0, 0.05) is 37.9 Å². The summed E-state index contributed by atoms with van der Waals surface area (Å²) in [5.41, 5.74) is 1.80. The molecule has 4 heterocycles. The van der Waals surface area contributed by atoms with E-state index in [1.807, 2.05) is 44.2 Å². The van der Waals surface area contributed by atoms with Gasteiger partial charge in [0.25, 0.3) is 0 Å². The third kappa shape index (κ3) is 4.78. The van der Waals surface area contributed by atoms with Crippen LogP contribution in [0.25, 0.3) is 0 Å². The van der Waals surface area contributed by atoms with E-state index in [9.17, 15) is 14.4 Å². The first-order chi connectivity index (χ1) is 18.9. The third-order valence-corrected chi connectivity index (χ3v) is 9.41. The Bertz CT molecular complexity index is 1160. The van der Waals surface area contributed by atoms with Crippen molar-refractivity contribution in [3.05, 3.63) is 41.5 Å². The van der Waals surface area contributed by atoms with E-state index in [1.165, 1.54) is 6.42 Å². The summed E-state index contributed by atoms with van der Waals surface area (Å²) in [6.45, 7) is 8.03. The average molecular weight is 537 g/mol. The fourth-order valence-corrected chi connectivity index (χ4v) is 7.15. The lowest BCUT2D eigenvalue weighted by molar-refractivity contribution is -0.141. The molecule has 1 spiro atoms. The van der Waals surface area contributed by atoms with Gasteiger partial charge in [-0.2, -0.15) is 0 Å². The molecule has 9 heteroatoms. The van der Waals surface area contributed by atoms with Crippen LogP contribution in [-0.4, -0.2) is 90.7 Å². The van der Waals surface area contributed by atoms with E-state index in [-0.39, 0.29) is 23.8 Å². The fraction of sp³-hybridized carbons (Fsp3) is 0.633. The summed E-state index contributed by atoms with van der Waals surface area (Å²) >= 11 is 0. The molecule has 9 nitrogen and oxygen atoms in total. The molecule has 3 amide bonds. The maximum absolute atomic E-state index is 14.1. The zero-order chi connectivity index (χ0) is 27.1. The smallest absolute Gasteiger partial charge is 0.246 e. The van der Waals surface area contributed by atoms with Gasteiger partial charge in [0.2, 0.25) is 17.7 Å². The van der Waals surface area contributed by atoms with Crippen LogP contribution in [0.2, 0.25) is 0 Å². The lowest BCUT2D eigenvalue weighted by Gasteiger charge is -2.35. The first-order valence-corrected chi connectivity index (χ1v) is 14.5. The first-order valence-electron chi connectivity index (χ1n) is 14.5. The Kier molecular flexibility index (Phi) is 7.24. The van der Waals surface area contributed by atoms with Crippen molar-refractivity contribution in [1.82, 2.24) is 15.1 Å². The molecular formula is C30H40N4O5. The monoisotopic (exact) mass is 536 g/mol. The van der Waals surface area contributed by atoms with Crippen LogP contribution in [-0.2, 0) is 23.9 Å². The van der Waals surface area contributed by atoms with Crippen molar-refractivity contribution >= 4 is 23.4 Å². The molecule has 2 bridgehead atoms. The van der Waals surface area contributed by atoms with Crippen molar-refractivity contribution in [2.45, 2.75) is 69.7 Å². The van der Waals surface area contributed by atoms with Crippen LogP contribution in [0.15, 0.2) is 30.4 Å². The summed E-state index contributed by atoms with van der Waals surface area (Å²) in [6.07, 6.45) is 8.53. The lowest BCUT2D eigenvalue weighted by atomic mass is 9.74. The zero-order valence-corrected chi connectivity index (χ0v) is 23.0. The number of rotatable bonds is 7. The molecule has 1 aliphatic carbocycles. The summed E-state index contributed by atoms with van der Waals surface area (Å²) in [4.78, 5) is 45.7. The molecule has 0 unspecified atom stereocenters. The van der Waals surface area contributed by atoms with Gasteiger partial charge < -0.3 is 25.0 Å². The number of nitrogens with one attached hydrogen (secondary N) is 2. The molecule has 39 heavy (non-hydrogen) atoms. The summed E-state index contributed by atoms with van der Waals surface area (Å²) in [5, 5.41) is 6.28. The zero-order valence-electron chi connectivity index (χ0n) is 23.0. The van der Waals surface area contributed by atoms with Gasteiger partial charge in [-0.1, -0.05) is 37.5 Å². The number of likely N-dealkylation sites (tertiary alicyclic amines) is 1. The van der Waals surface area contributed by atoms with Crippen molar-refractivity contribution in [2.75, 3.05) is 44.7 Å². The maximum Gasteiger partial charge on any atom is 0.246 e. The number of hydrogen-bond donors (Lipinski definition) is 2. The average Bonchev–Trinajstić information content (AvgIpc) is 3.58. The molecule has 3 saturated heterocycles. The molecule has 5 aliphatic rings. The van der Waals surface area contributed by atoms with Crippen molar-refractivity contribution in [2.24, 2.45) is 11.8 Å². The highest BCUT2D eigenvalue weighted by Gasteiger charge is 2.72. The van der Waals surface area contributed by atoms with Gasteiger partial charge in [-0.15, -0.1) is 0 Å². The third-order valence-electron chi connectivity index (χ3n) is 9.41. The summed E-state index contributed by atoms with van der Waals surface area (Å²) in [5.74, 6) is -2.00. The van der Waals surface area contributed by atoms with E-state index >= 15 is 0 Å². The molecule has 6 rings (SSSR count). The Hall–Kier alpha value is -2.75. The number of aryl methyl sites for hydroxylation is 2. The number of benzene rings is 1. The first kappa shape index (κ1) is 26.5. The Morgan fingerprint density at radius 1 is 1.03 bits per heavy atom. The normalized spacial score (nSPS) is 32.5. The maximum atomic E-state index is 14.1. The van der Waals surface area contributed by atoms with Crippen molar-refractivity contribution < 1.29 is 23.9 Å². The van der Waals surface area contributed by atoms with Crippen LogP contribution in [0.1, 0.15) is 43.2 Å². The van der Waals surface area contributed by atoms with Gasteiger partial charge in [-0.05, 0) is 49.9 Å². The van der Waals surface area contributed by atoms with Crippen molar-refractivity contribution in [1.29, 1.82) is 0 Å². The predicted octanol–water partition coefficient (Wildman–Crippen LogP) is 2.17. The van der Waals surface area contributed by atoms with E-state index in [0.29, 0.717) is 32.0 Å². The highest BCUT2D eigenvalue weighted by molar-refractivity contribution is 6.02. The van der Waals surface area contributed by atoms with Gasteiger partial charge in [0.1, 0.15) is 11.6 Å². The van der Waals surface area contributed by atoms with E-state index in [0.717, 1.165) is 49.9 Å². The second-order valence-electron chi connectivity index (χ2n) is 11.8. The minimum atomic E-state index is -1.13. The van der Waals surface area contributed by atoms with Crippen molar-refractivity contribution in [3.8, 4) is 0 Å². The number of carbonyl (C=O) groups is 3. The standard InChI is InChI=1S/C30H40N4O5/c1-19-8-9-22(18-20(19)2)32-27(35)24-23-10-11-30(39-23)25(24)29(37)34(13-12-33-14-16-38-17-15-33)26(30)28(36)31-21-6-4-3-5-7-21/h8-11,18,21,23-26H,3-7,12-17H2,1-2H3,(H,31,36)(H,32,35)/t23-,24-,25-,26-,30-/m1/s1. The Balaban J connectivity index is 1.26. The van der Waals surface area contributed by atoms with Crippen LogP contribution in [0.4, 0.5) is 5.69 Å². The van der Waals surface area contributed by atoms with Gasteiger partial charge in [-0.3, -0.25) is 19.3 Å². The molecule has 0 aromatic heterocycles. The Labute approximate surface area is 230 Å². The molecule has 1 saturated carbocycles. The Morgan fingerprint density at radius 2 is 1.79 bits per heavy atom. The van der Waals surface area contributed by atoms with Crippen LogP contribution >= 0.6 is 0 Å². The quantitative estimate of drug-likeness (QED) is 0.519. The minimum absolute atomic E-state index is 0.115. The summed E-state index contributed by atoms with van der Waals surface area (Å²) < 4.78 is 12.0. The van der Waals surface area contributed by atoms with Crippen molar-refractivity contribution in [3.63, 3.8) is 0 Å². The van der Waals surface area contributed by atoms with E-state index in [4.69, 9.17) is 9.47 Å². The number of nitrogens with zero attached hydrogens (tertiary/aromatic N) is 2. The number of anilines is 1. The molecule has 1 aromatic rings. The number of hydrogen-bond acceptors (Lipinski definition) is 6. The van der Waals surface area contributed by atoms with Crippen LogP contribution in [0.3, 0.4) is 0 Å². The second kappa shape index (κ2) is 10.7. The Morgan fingerprint density at radius 3 is 2.54 bits per heavy atom. The molecular weight excluding hydrogens is 496 g/mol. The van der Waals surface area contributed by atoms with Gasteiger partial charge in [-0.25, -0.2) is 0 Å². The van der Waals surface area contributed by atoms with Gasteiger partial charge in [0.15, 0.2) is 0 Å². The topological polar surface area (TPSA) is 100 Å². The van der Waals surface area contributed by atoms with Crippen LogP contribution < -0.4 is 10.6 Å². The number of ether oxygens (including phenoxy) is 2.